The largest absolute Gasteiger partial charge is 0.145 e. The maximum Gasteiger partial charge on any atom is 0.0373 e. The molecular weight excluding hydrogens is 320 g/mol. The second-order valence-corrected chi connectivity index (χ2v) is 7.94. The van der Waals surface area contributed by atoms with E-state index in [1.54, 1.807) is 0 Å². The molecule has 0 N–H and O–H groups in total. The highest BCUT2D eigenvalue weighted by Gasteiger charge is 2.23. The van der Waals surface area contributed by atoms with Crippen molar-refractivity contribution < 1.29 is 0 Å². The molecule has 4 aromatic rings. The SMILES string of the molecule is Cc1ccc(C2C=Cc3c(-c4cccc5ccccc45)cccc32)s1. The van der Waals surface area contributed by atoms with Crippen molar-refractivity contribution in [2.45, 2.75) is 12.8 Å². The van der Waals surface area contributed by atoms with Gasteiger partial charge in [-0.15, -0.1) is 11.3 Å². The fraction of sp³-hybridized carbons (Fsp3) is 0.0833. The van der Waals surface area contributed by atoms with E-state index in [-0.39, 0.29) is 0 Å². The van der Waals surface area contributed by atoms with Crippen LogP contribution in [0.25, 0.3) is 28.0 Å². The first-order chi connectivity index (χ1) is 12.3. The minimum absolute atomic E-state index is 0.392. The summed E-state index contributed by atoms with van der Waals surface area (Å²) in [5.41, 5.74) is 5.45. The molecule has 1 aliphatic carbocycles. The molecule has 120 valence electrons. The van der Waals surface area contributed by atoms with Gasteiger partial charge in [0.1, 0.15) is 0 Å². The van der Waals surface area contributed by atoms with Crippen LogP contribution in [0.15, 0.2) is 78.9 Å². The van der Waals surface area contributed by atoms with E-state index in [0.29, 0.717) is 5.92 Å². The lowest BCUT2D eigenvalue weighted by atomic mass is 9.91. The molecule has 1 aliphatic rings. The van der Waals surface area contributed by atoms with Gasteiger partial charge in [-0.1, -0.05) is 72.8 Å². The Kier molecular flexibility index (Phi) is 3.36. The van der Waals surface area contributed by atoms with Crippen LogP contribution >= 0.6 is 11.3 Å². The van der Waals surface area contributed by atoms with E-state index >= 15 is 0 Å². The van der Waals surface area contributed by atoms with Gasteiger partial charge < -0.3 is 0 Å². The molecule has 1 heterocycles. The van der Waals surface area contributed by atoms with Crippen LogP contribution in [-0.2, 0) is 0 Å². The summed E-state index contributed by atoms with van der Waals surface area (Å²) in [5, 5.41) is 2.62. The number of fused-ring (bicyclic) bond motifs is 2. The average molecular weight is 338 g/mol. The highest BCUT2D eigenvalue weighted by atomic mass is 32.1. The fourth-order valence-corrected chi connectivity index (χ4v) is 4.88. The number of benzene rings is 3. The number of hydrogen-bond donors (Lipinski definition) is 0. The third-order valence-corrected chi connectivity index (χ3v) is 6.16. The van der Waals surface area contributed by atoms with E-state index in [9.17, 15) is 0 Å². The van der Waals surface area contributed by atoms with E-state index in [1.165, 1.54) is 42.8 Å². The van der Waals surface area contributed by atoms with Crippen molar-refractivity contribution in [3.63, 3.8) is 0 Å². The van der Waals surface area contributed by atoms with Crippen molar-refractivity contribution in [1.82, 2.24) is 0 Å². The van der Waals surface area contributed by atoms with Gasteiger partial charge >= 0.3 is 0 Å². The molecule has 0 amide bonds. The molecule has 0 nitrogen and oxygen atoms in total. The summed E-state index contributed by atoms with van der Waals surface area (Å²) in [7, 11) is 0. The van der Waals surface area contributed by atoms with Crippen LogP contribution in [0.4, 0.5) is 0 Å². The van der Waals surface area contributed by atoms with E-state index < -0.39 is 0 Å². The molecule has 0 saturated carbocycles. The van der Waals surface area contributed by atoms with Crippen molar-refractivity contribution in [3.05, 3.63) is 99.8 Å². The van der Waals surface area contributed by atoms with Crippen LogP contribution in [-0.4, -0.2) is 0 Å². The van der Waals surface area contributed by atoms with Crippen LogP contribution in [0.2, 0.25) is 0 Å². The average Bonchev–Trinajstić information content (AvgIpc) is 3.27. The Bertz CT molecular complexity index is 1110. The zero-order valence-corrected chi connectivity index (χ0v) is 14.9. The van der Waals surface area contributed by atoms with Gasteiger partial charge in [0.05, 0.1) is 0 Å². The van der Waals surface area contributed by atoms with Crippen molar-refractivity contribution >= 4 is 28.2 Å². The van der Waals surface area contributed by atoms with Crippen LogP contribution in [0, 0.1) is 6.92 Å². The molecule has 1 atom stereocenters. The van der Waals surface area contributed by atoms with Gasteiger partial charge in [-0.2, -0.15) is 0 Å². The van der Waals surface area contributed by atoms with Crippen molar-refractivity contribution in [1.29, 1.82) is 0 Å². The molecule has 1 unspecified atom stereocenters. The Balaban J connectivity index is 1.70. The van der Waals surface area contributed by atoms with E-state index in [0.717, 1.165) is 0 Å². The predicted octanol–water partition coefficient (Wildman–Crippen LogP) is 7.04. The van der Waals surface area contributed by atoms with Crippen molar-refractivity contribution in [2.75, 3.05) is 0 Å². The maximum absolute atomic E-state index is 2.35. The lowest BCUT2D eigenvalue weighted by Gasteiger charge is -2.14. The Hall–Kier alpha value is -2.64. The molecule has 0 radical (unpaired) electrons. The monoisotopic (exact) mass is 338 g/mol. The Labute approximate surface area is 152 Å². The third kappa shape index (κ3) is 2.35. The maximum atomic E-state index is 2.35. The first kappa shape index (κ1) is 14.7. The molecule has 0 saturated heterocycles. The zero-order valence-electron chi connectivity index (χ0n) is 14.1. The van der Waals surface area contributed by atoms with Gasteiger partial charge in [-0.25, -0.2) is 0 Å². The molecule has 3 aromatic carbocycles. The lowest BCUT2D eigenvalue weighted by molar-refractivity contribution is 1.09. The Morgan fingerprint density at radius 2 is 1.56 bits per heavy atom. The van der Waals surface area contributed by atoms with Gasteiger partial charge in [0.2, 0.25) is 0 Å². The number of aryl methyl sites for hydroxylation is 1. The summed E-state index contributed by atoms with van der Waals surface area (Å²) in [6.07, 6.45) is 4.66. The smallest absolute Gasteiger partial charge is 0.0373 e. The summed E-state index contributed by atoms with van der Waals surface area (Å²) in [6.45, 7) is 2.18. The highest BCUT2D eigenvalue weighted by Crippen LogP contribution is 2.43. The van der Waals surface area contributed by atoms with Gasteiger partial charge in [0.15, 0.2) is 0 Å². The molecule has 0 fully saturated rings. The molecule has 0 bridgehead atoms. The molecule has 25 heavy (non-hydrogen) atoms. The number of allylic oxidation sites excluding steroid dienone is 1. The third-order valence-electron chi connectivity index (χ3n) is 5.08. The molecule has 1 heteroatoms. The first-order valence-corrected chi connectivity index (χ1v) is 9.48. The quantitative estimate of drug-likeness (QED) is 0.368. The summed E-state index contributed by atoms with van der Waals surface area (Å²) in [5.74, 6) is 0.392. The molecule has 0 spiro atoms. The zero-order chi connectivity index (χ0) is 16.8. The van der Waals surface area contributed by atoms with Gasteiger partial charge in [-0.05, 0) is 52.1 Å². The predicted molar refractivity (Wildman–Crippen MR) is 109 cm³/mol. The topological polar surface area (TPSA) is 0 Å². The van der Waals surface area contributed by atoms with Crippen LogP contribution in [0.1, 0.15) is 26.8 Å². The lowest BCUT2D eigenvalue weighted by Crippen LogP contribution is -1.94. The molecule has 1 aromatic heterocycles. The minimum atomic E-state index is 0.392. The number of hydrogen-bond acceptors (Lipinski definition) is 1. The second-order valence-electron chi connectivity index (χ2n) is 6.62. The fourth-order valence-electron chi connectivity index (χ4n) is 3.90. The minimum Gasteiger partial charge on any atom is -0.145 e. The second kappa shape index (κ2) is 5.72. The Morgan fingerprint density at radius 1 is 0.760 bits per heavy atom. The summed E-state index contributed by atoms with van der Waals surface area (Å²) < 4.78 is 0. The first-order valence-electron chi connectivity index (χ1n) is 8.67. The Morgan fingerprint density at radius 3 is 2.44 bits per heavy atom. The van der Waals surface area contributed by atoms with E-state index in [2.05, 4.69) is 91.9 Å². The summed E-state index contributed by atoms with van der Waals surface area (Å²) in [6, 6.07) is 26.5. The number of thiophene rings is 1. The van der Waals surface area contributed by atoms with E-state index in [1.807, 2.05) is 11.3 Å². The molecule has 5 rings (SSSR count). The highest BCUT2D eigenvalue weighted by molar-refractivity contribution is 7.12. The van der Waals surface area contributed by atoms with Crippen molar-refractivity contribution in [2.24, 2.45) is 0 Å². The normalized spacial score (nSPS) is 15.6. The van der Waals surface area contributed by atoms with Crippen LogP contribution in [0.5, 0.6) is 0 Å². The van der Waals surface area contributed by atoms with E-state index in [4.69, 9.17) is 0 Å². The van der Waals surface area contributed by atoms with Crippen molar-refractivity contribution in [3.8, 4) is 11.1 Å². The summed E-state index contributed by atoms with van der Waals surface area (Å²) >= 11 is 1.90. The molecule has 0 aliphatic heterocycles. The van der Waals surface area contributed by atoms with Crippen LogP contribution in [0.3, 0.4) is 0 Å². The van der Waals surface area contributed by atoms with Gasteiger partial charge in [0, 0.05) is 15.7 Å². The van der Waals surface area contributed by atoms with Gasteiger partial charge in [-0.3, -0.25) is 0 Å². The number of rotatable bonds is 2. The van der Waals surface area contributed by atoms with Crippen LogP contribution < -0.4 is 0 Å². The molecular formula is C24H18S. The van der Waals surface area contributed by atoms with Gasteiger partial charge in [0.25, 0.3) is 0 Å². The standard InChI is InChI=1S/C24H18S/c1-16-12-15-24(25-16)23-14-13-22-20(10-5-11-21(22)23)19-9-4-7-17-6-2-3-8-18(17)19/h2-15,23H,1H3. The summed E-state index contributed by atoms with van der Waals surface area (Å²) in [4.78, 5) is 2.81.